The van der Waals surface area contributed by atoms with E-state index in [1.807, 2.05) is 13.8 Å². The Morgan fingerprint density at radius 3 is 1.87 bits per heavy atom. The highest BCUT2D eigenvalue weighted by Gasteiger charge is 2.31. The van der Waals surface area contributed by atoms with E-state index in [0.29, 0.717) is 6.42 Å². The number of primary amides is 1. The number of nitrogens with two attached hydrogens (primary N) is 2. The molecule has 0 heterocycles. The van der Waals surface area contributed by atoms with Crippen molar-refractivity contribution in [1.82, 2.24) is 16.0 Å². The van der Waals surface area contributed by atoms with E-state index in [4.69, 9.17) is 11.5 Å². The normalized spacial score (nSPS) is 15.8. The van der Waals surface area contributed by atoms with Gasteiger partial charge in [-0.05, 0) is 18.3 Å². The molecule has 31 heavy (non-hydrogen) atoms. The highest BCUT2D eigenvalue weighted by Crippen LogP contribution is 2.09. The van der Waals surface area contributed by atoms with E-state index in [-0.39, 0.29) is 30.4 Å². The van der Waals surface area contributed by atoms with Gasteiger partial charge in [0.25, 0.3) is 0 Å². The van der Waals surface area contributed by atoms with Crippen molar-refractivity contribution in [2.75, 3.05) is 5.75 Å². The molecule has 12 heteroatoms. The van der Waals surface area contributed by atoms with E-state index in [1.165, 1.54) is 0 Å². The summed E-state index contributed by atoms with van der Waals surface area (Å²) in [5, 5.41) is 16.7. The molecule has 5 unspecified atom stereocenters. The standard InChI is InChI=1S/C19H35N5O6S/c1-5-10(4)15(19(29)30)24-18(28)13(8-31)23-17(27)12(6-9(2)3)22-16(26)11(20)7-14(21)25/h9-13,15,31H,5-8,20H2,1-4H3,(H2,21,25)(H,22,26)(H,23,27)(H,24,28)(H,29,30). The molecule has 0 bridgehead atoms. The van der Waals surface area contributed by atoms with E-state index in [0.717, 1.165) is 0 Å². The summed E-state index contributed by atoms with van der Waals surface area (Å²) < 4.78 is 0. The first-order valence-electron chi connectivity index (χ1n) is 10.1. The van der Waals surface area contributed by atoms with Crippen LogP contribution in [0.5, 0.6) is 0 Å². The van der Waals surface area contributed by atoms with Crippen LogP contribution in [-0.2, 0) is 24.0 Å². The summed E-state index contributed by atoms with van der Waals surface area (Å²) in [7, 11) is 0. The van der Waals surface area contributed by atoms with Gasteiger partial charge < -0.3 is 32.5 Å². The molecule has 0 aromatic heterocycles. The minimum absolute atomic E-state index is 0.00786. The average molecular weight is 462 g/mol. The van der Waals surface area contributed by atoms with E-state index in [9.17, 15) is 29.1 Å². The number of aliphatic carboxylic acids is 1. The summed E-state index contributed by atoms with van der Waals surface area (Å²) in [5.41, 5.74) is 10.7. The van der Waals surface area contributed by atoms with Crippen LogP contribution < -0.4 is 27.4 Å². The van der Waals surface area contributed by atoms with Gasteiger partial charge in [-0.2, -0.15) is 12.6 Å². The Labute approximate surface area is 187 Å². The lowest BCUT2D eigenvalue weighted by Gasteiger charge is -2.26. The van der Waals surface area contributed by atoms with Gasteiger partial charge in [-0.1, -0.05) is 34.1 Å². The first kappa shape index (κ1) is 28.7. The van der Waals surface area contributed by atoms with E-state index in [1.54, 1.807) is 13.8 Å². The molecule has 0 aliphatic heterocycles. The van der Waals surface area contributed by atoms with Crippen LogP contribution in [0.25, 0.3) is 0 Å². The van der Waals surface area contributed by atoms with Gasteiger partial charge in [0.15, 0.2) is 0 Å². The number of carboxylic acids is 1. The third kappa shape index (κ3) is 10.5. The van der Waals surface area contributed by atoms with Crippen molar-refractivity contribution in [2.45, 2.75) is 71.1 Å². The maximum Gasteiger partial charge on any atom is 0.326 e. The van der Waals surface area contributed by atoms with Gasteiger partial charge in [-0.3, -0.25) is 19.2 Å². The number of thiol groups is 1. The Bertz CT molecular complexity index is 660. The van der Waals surface area contributed by atoms with Gasteiger partial charge in [-0.15, -0.1) is 0 Å². The molecule has 0 saturated carbocycles. The second kappa shape index (κ2) is 13.9. The second-order valence-electron chi connectivity index (χ2n) is 7.92. The van der Waals surface area contributed by atoms with Crippen LogP contribution in [0.1, 0.15) is 47.0 Å². The largest absolute Gasteiger partial charge is 0.480 e. The van der Waals surface area contributed by atoms with Crippen molar-refractivity contribution in [3.05, 3.63) is 0 Å². The molecule has 0 rings (SSSR count). The predicted octanol–water partition coefficient (Wildman–Crippen LogP) is -1.25. The Kier molecular flexibility index (Phi) is 12.8. The van der Waals surface area contributed by atoms with E-state index < -0.39 is 53.8 Å². The van der Waals surface area contributed by atoms with Gasteiger partial charge in [0.1, 0.15) is 18.1 Å². The predicted molar refractivity (Wildman–Crippen MR) is 118 cm³/mol. The summed E-state index contributed by atoms with van der Waals surface area (Å²) >= 11 is 4.08. The summed E-state index contributed by atoms with van der Waals surface area (Å²) in [6, 6.07) is -4.47. The maximum atomic E-state index is 12.8. The third-order valence-electron chi connectivity index (χ3n) is 4.69. The quantitative estimate of drug-likeness (QED) is 0.157. The second-order valence-corrected chi connectivity index (χ2v) is 8.29. The van der Waals surface area contributed by atoms with E-state index >= 15 is 0 Å². The third-order valence-corrected chi connectivity index (χ3v) is 5.06. The number of rotatable bonds is 14. The number of amides is 4. The fraction of sp³-hybridized carbons (Fsp3) is 0.737. The Morgan fingerprint density at radius 2 is 1.45 bits per heavy atom. The van der Waals surface area contributed by atoms with Gasteiger partial charge in [0.05, 0.1) is 12.5 Å². The summed E-state index contributed by atoms with van der Waals surface area (Å²) in [6.45, 7) is 7.16. The summed E-state index contributed by atoms with van der Waals surface area (Å²) in [4.78, 5) is 59.9. The molecular weight excluding hydrogens is 426 g/mol. The highest BCUT2D eigenvalue weighted by molar-refractivity contribution is 7.80. The SMILES string of the molecule is CCC(C)C(NC(=O)C(CS)NC(=O)C(CC(C)C)NC(=O)C(N)CC(N)=O)C(=O)O. The van der Waals surface area contributed by atoms with Gasteiger partial charge in [-0.25, -0.2) is 4.79 Å². The minimum atomic E-state index is -1.21. The lowest BCUT2D eigenvalue weighted by molar-refractivity contribution is -0.143. The molecule has 0 fully saturated rings. The van der Waals surface area contributed by atoms with Gasteiger partial charge in [0.2, 0.25) is 23.6 Å². The smallest absolute Gasteiger partial charge is 0.326 e. The number of carboxylic acid groups (broad SMARTS) is 1. The number of hydrogen-bond acceptors (Lipinski definition) is 7. The molecule has 0 aromatic carbocycles. The topological polar surface area (TPSA) is 194 Å². The fourth-order valence-electron chi connectivity index (χ4n) is 2.69. The molecule has 11 nitrogen and oxygen atoms in total. The molecule has 0 aromatic rings. The van der Waals surface area contributed by atoms with Gasteiger partial charge >= 0.3 is 5.97 Å². The molecule has 0 aliphatic rings. The molecule has 0 radical (unpaired) electrons. The number of carbonyl (C=O) groups excluding carboxylic acids is 4. The Hall–Kier alpha value is -2.34. The molecule has 0 aliphatic carbocycles. The summed E-state index contributed by atoms with van der Waals surface area (Å²) in [6.07, 6.45) is 0.394. The van der Waals surface area contributed by atoms with Crippen LogP contribution in [0, 0.1) is 11.8 Å². The Morgan fingerprint density at radius 1 is 0.935 bits per heavy atom. The molecule has 0 spiro atoms. The maximum absolute atomic E-state index is 12.8. The van der Waals surface area contributed by atoms with Crippen molar-refractivity contribution < 1.29 is 29.1 Å². The van der Waals surface area contributed by atoms with Crippen LogP contribution in [-0.4, -0.2) is 64.6 Å². The molecule has 4 amide bonds. The zero-order valence-corrected chi connectivity index (χ0v) is 19.3. The van der Waals surface area contributed by atoms with Gasteiger partial charge in [0, 0.05) is 5.75 Å². The number of hydrogen-bond donors (Lipinski definition) is 7. The van der Waals surface area contributed by atoms with Crippen LogP contribution in [0.2, 0.25) is 0 Å². The van der Waals surface area contributed by atoms with Crippen LogP contribution >= 0.6 is 12.6 Å². The van der Waals surface area contributed by atoms with Crippen molar-refractivity contribution >= 4 is 42.2 Å². The van der Waals surface area contributed by atoms with Crippen LogP contribution in [0.3, 0.4) is 0 Å². The molecular formula is C19H35N5O6S. The first-order chi connectivity index (χ1) is 14.3. The number of carbonyl (C=O) groups is 5. The zero-order valence-electron chi connectivity index (χ0n) is 18.4. The van der Waals surface area contributed by atoms with Crippen LogP contribution in [0.15, 0.2) is 0 Å². The zero-order chi connectivity index (χ0) is 24.3. The van der Waals surface area contributed by atoms with Crippen molar-refractivity contribution in [3.8, 4) is 0 Å². The molecule has 5 atom stereocenters. The lowest BCUT2D eigenvalue weighted by atomic mass is 9.99. The number of nitrogens with one attached hydrogen (secondary N) is 3. The van der Waals surface area contributed by atoms with Crippen LogP contribution in [0.4, 0.5) is 0 Å². The molecule has 178 valence electrons. The monoisotopic (exact) mass is 461 g/mol. The van der Waals surface area contributed by atoms with E-state index in [2.05, 4.69) is 28.6 Å². The highest BCUT2D eigenvalue weighted by atomic mass is 32.1. The fourth-order valence-corrected chi connectivity index (χ4v) is 2.95. The molecule has 0 saturated heterocycles. The van der Waals surface area contributed by atoms with Crippen molar-refractivity contribution in [2.24, 2.45) is 23.3 Å². The average Bonchev–Trinajstić information content (AvgIpc) is 2.67. The lowest BCUT2D eigenvalue weighted by Crippen LogP contribution is -2.58. The van der Waals surface area contributed by atoms with Crippen molar-refractivity contribution in [3.63, 3.8) is 0 Å². The van der Waals surface area contributed by atoms with Crippen molar-refractivity contribution in [1.29, 1.82) is 0 Å². The minimum Gasteiger partial charge on any atom is -0.480 e. The molecule has 8 N–H and O–H groups in total. The Balaban J connectivity index is 5.30. The summed E-state index contributed by atoms with van der Waals surface area (Å²) in [5.74, 6) is -4.42. The first-order valence-corrected chi connectivity index (χ1v) is 10.8.